The highest BCUT2D eigenvalue weighted by molar-refractivity contribution is 6.03. The van der Waals surface area contributed by atoms with Gasteiger partial charge in [0.2, 0.25) is 0 Å². The maximum atomic E-state index is 6.27. The summed E-state index contributed by atoms with van der Waals surface area (Å²) in [5.74, 6) is 1.58. The van der Waals surface area contributed by atoms with Crippen LogP contribution in [0.2, 0.25) is 0 Å². The van der Waals surface area contributed by atoms with Crippen LogP contribution in [0.25, 0.3) is 45.0 Å². The van der Waals surface area contributed by atoms with Gasteiger partial charge < -0.3 is 9.32 Å². The number of aromatic nitrogens is 1. The van der Waals surface area contributed by atoms with Crippen molar-refractivity contribution in [2.75, 3.05) is 4.90 Å². The number of para-hydroxylation sites is 2. The van der Waals surface area contributed by atoms with Gasteiger partial charge in [-0.15, -0.1) is 0 Å². The number of furan rings is 1. The summed E-state index contributed by atoms with van der Waals surface area (Å²) in [4.78, 5) is 7.63. The molecule has 1 aliphatic heterocycles. The van der Waals surface area contributed by atoms with E-state index in [9.17, 15) is 0 Å². The summed E-state index contributed by atoms with van der Waals surface area (Å²) >= 11 is 0. The van der Waals surface area contributed by atoms with Crippen LogP contribution in [0.4, 0.5) is 11.5 Å². The minimum absolute atomic E-state index is 0.167. The summed E-state index contributed by atoms with van der Waals surface area (Å²) in [5.41, 5.74) is 9.52. The van der Waals surface area contributed by atoms with Crippen molar-refractivity contribution in [3.8, 4) is 11.1 Å². The van der Waals surface area contributed by atoms with Gasteiger partial charge in [-0.25, -0.2) is 4.98 Å². The SMILES string of the molecule is Cc1cccc2c3c(oc12)=CCC(C1=CC2c4ccccc4N(c4ncc(-c5ccccc5)c5ccccc45)C2C=C1)C=3. The fourth-order valence-electron chi connectivity index (χ4n) is 7.44. The lowest BCUT2D eigenvalue weighted by Gasteiger charge is -2.31. The van der Waals surface area contributed by atoms with E-state index in [0.29, 0.717) is 5.92 Å². The van der Waals surface area contributed by atoms with Gasteiger partial charge in [-0.3, -0.25) is 0 Å². The maximum Gasteiger partial charge on any atom is 0.141 e. The quantitative estimate of drug-likeness (QED) is 0.220. The minimum atomic E-state index is 0.167. The number of pyridine rings is 1. The van der Waals surface area contributed by atoms with Crippen LogP contribution in [0.1, 0.15) is 23.5 Å². The van der Waals surface area contributed by atoms with Crippen LogP contribution in [0.15, 0.2) is 131 Å². The number of benzene rings is 4. The molecule has 3 heteroatoms. The lowest BCUT2D eigenvalue weighted by Crippen LogP contribution is -2.31. The van der Waals surface area contributed by atoms with Gasteiger partial charge in [0.25, 0.3) is 0 Å². The predicted molar refractivity (Wildman–Crippen MR) is 177 cm³/mol. The van der Waals surface area contributed by atoms with Gasteiger partial charge in [-0.2, -0.15) is 0 Å². The molecule has 0 saturated carbocycles. The van der Waals surface area contributed by atoms with E-state index >= 15 is 0 Å². The molecule has 3 nitrogen and oxygen atoms in total. The van der Waals surface area contributed by atoms with Crippen LogP contribution in [0, 0.1) is 12.8 Å². The summed E-state index contributed by atoms with van der Waals surface area (Å²) < 4.78 is 6.27. The lowest BCUT2D eigenvalue weighted by atomic mass is 9.82. The second-order valence-electron chi connectivity index (χ2n) is 11.9. The van der Waals surface area contributed by atoms with Crippen molar-refractivity contribution in [1.29, 1.82) is 0 Å². The molecule has 0 bridgehead atoms. The van der Waals surface area contributed by atoms with Crippen molar-refractivity contribution in [2.45, 2.75) is 25.3 Å². The van der Waals surface area contributed by atoms with E-state index in [4.69, 9.17) is 9.40 Å². The van der Waals surface area contributed by atoms with Crippen molar-refractivity contribution in [1.82, 2.24) is 4.98 Å². The van der Waals surface area contributed by atoms with Gasteiger partial charge in [-0.05, 0) is 53.1 Å². The number of nitrogens with zero attached hydrogens (tertiary/aromatic N) is 2. The van der Waals surface area contributed by atoms with Crippen LogP contribution in [0.5, 0.6) is 0 Å². The predicted octanol–water partition coefficient (Wildman–Crippen LogP) is 8.34. The Labute approximate surface area is 250 Å². The molecule has 6 aromatic rings. The third-order valence-corrected chi connectivity index (χ3v) is 9.50. The number of anilines is 2. The molecule has 2 aliphatic carbocycles. The zero-order valence-electron chi connectivity index (χ0n) is 23.9. The van der Waals surface area contributed by atoms with Crippen LogP contribution < -0.4 is 15.5 Å². The monoisotopic (exact) mass is 554 g/mol. The smallest absolute Gasteiger partial charge is 0.141 e. The molecule has 0 spiro atoms. The Morgan fingerprint density at radius 3 is 2.49 bits per heavy atom. The number of hydrogen-bond donors (Lipinski definition) is 0. The van der Waals surface area contributed by atoms with Crippen molar-refractivity contribution in [2.24, 2.45) is 5.92 Å². The molecule has 0 amide bonds. The number of rotatable bonds is 3. The van der Waals surface area contributed by atoms with Gasteiger partial charge in [0, 0.05) is 45.3 Å². The summed E-state index contributed by atoms with van der Waals surface area (Å²) in [7, 11) is 0. The zero-order valence-corrected chi connectivity index (χ0v) is 23.9. The molecule has 43 heavy (non-hydrogen) atoms. The number of allylic oxidation sites excluding steroid dienone is 2. The summed E-state index contributed by atoms with van der Waals surface area (Å²) in [6, 6.07) is 34.7. The normalized spacial score (nSPS) is 20.3. The first kappa shape index (κ1) is 24.4. The Morgan fingerprint density at radius 2 is 1.58 bits per heavy atom. The van der Waals surface area contributed by atoms with E-state index in [-0.39, 0.29) is 12.0 Å². The van der Waals surface area contributed by atoms with E-state index in [0.717, 1.165) is 28.8 Å². The third-order valence-electron chi connectivity index (χ3n) is 9.50. The Hall–Kier alpha value is -5.15. The first-order chi connectivity index (χ1) is 21.2. The standard InChI is InChI=1S/C40H30N2O/c1-25-10-9-16-31-34-23-28(19-21-38(34)43-39(25)31)27-18-20-37-33(22-27)30-14-7-8-17-36(30)42(37)40-32-15-6-5-13-29(32)35(24-41-40)26-11-3-2-4-12-26/h2-18,20-24,28,33,37H,19H2,1H3. The number of aryl methyl sites for hydroxylation is 1. The molecule has 0 radical (unpaired) electrons. The van der Waals surface area contributed by atoms with Crippen LogP contribution in [-0.2, 0) is 0 Å². The van der Waals surface area contributed by atoms with Gasteiger partial charge >= 0.3 is 0 Å². The largest absolute Gasteiger partial charge is 0.456 e. The Bertz CT molecular complexity index is 2260. The topological polar surface area (TPSA) is 29.3 Å². The van der Waals surface area contributed by atoms with Gasteiger partial charge in [-0.1, -0.05) is 115 Å². The molecule has 3 unspecified atom stereocenters. The molecule has 3 aliphatic rings. The van der Waals surface area contributed by atoms with Crippen LogP contribution in [-0.4, -0.2) is 11.0 Å². The van der Waals surface area contributed by atoms with E-state index < -0.39 is 0 Å². The van der Waals surface area contributed by atoms with Crippen molar-refractivity contribution < 1.29 is 4.42 Å². The zero-order chi connectivity index (χ0) is 28.5. The van der Waals surface area contributed by atoms with E-state index in [2.05, 4.69) is 145 Å². The minimum Gasteiger partial charge on any atom is -0.456 e. The summed E-state index contributed by atoms with van der Waals surface area (Å²) in [6.07, 6.45) is 15.0. The van der Waals surface area contributed by atoms with Crippen LogP contribution in [0.3, 0.4) is 0 Å². The fraction of sp³-hybridized carbons (Fsp3) is 0.125. The summed E-state index contributed by atoms with van der Waals surface area (Å²) in [5, 5.41) is 4.84. The van der Waals surface area contributed by atoms with E-state index in [1.54, 1.807) is 0 Å². The van der Waals surface area contributed by atoms with Gasteiger partial charge in [0.1, 0.15) is 16.8 Å². The van der Waals surface area contributed by atoms with Gasteiger partial charge in [0.05, 0.1) is 6.04 Å². The highest BCUT2D eigenvalue weighted by atomic mass is 16.3. The summed E-state index contributed by atoms with van der Waals surface area (Å²) in [6.45, 7) is 2.12. The molecule has 2 aromatic heterocycles. The first-order valence-corrected chi connectivity index (χ1v) is 15.2. The average Bonchev–Trinajstić information content (AvgIpc) is 3.61. The number of fused-ring (bicyclic) bond motifs is 7. The Balaban J connectivity index is 1.14. The van der Waals surface area contributed by atoms with Crippen molar-refractivity contribution >= 4 is 45.4 Å². The second kappa shape index (κ2) is 9.43. The second-order valence-corrected chi connectivity index (χ2v) is 11.9. The van der Waals surface area contributed by atoms with E-state index in [1.165, 1.54) is 49.3 Å². The Morgan fingerprint density at radius 1 is 0.791 bits per heavy atom. The highest BCUT2D eigenvalue weighted by Gasteiger charge is 2.40. The fourth-order valence-corrected chi connectivity index (χ4v) is 7.44. The van der Waals surface area contributed by atoms with Crippen molar-refractivity contribution in [3.63, 3.8) is 0 Å². The Kier molecular flexibility index (Phi) is 5.36. The average molecular weight is 555 g/mol. The highest BCUT2D eigenvalue weighted by Crippen LogP contribution is 2.50. The first-order valence-electron chi connectivity index (χ1n) is 15.2. The molecule has 3 heterocycles. The molecule has 0 N–H and O–H groups in total. The lowest BCUT2D eigenvalue weighted by molar-refractivity contribution is 0.566. The maximum absolute atomic E-state index is 6.27. The molecule has 0 fully saturated rings. The van der Waals surface area contributed by atoms with Crippen molar-refractivity contribution in [3.05, 3.63) is 149 Å². The molecule has 4 aromatic carbocycles. The van der Waals surface area contributed by atoms with E-state index in [1.807, 2.05) is 0 Å². The third kappa shape index (κ3) is 3.71. The van der Waals surface area contributed by atoms with Crippen LogP contribution >= 0.6 is 0 Å². The molecule has 206 valence electrons. The molecule has 3 atom stereocenters. The molecular formula is C40H30N2O. The molecule has 0 saturated heterocycles. The molecular weight excluding hydrogens is 524 g/mol. The molecule has 9 rings (SSSR count). The number of hydrogen-bond acceptors (Lipinski definition) is 3. The van der Waals surface area contributed by atoms with Gasteiger partial charge in [0.15, 0.2) is 0 Å².